The third kappa shape index (κ3) is 18.3. The first-order valence-corrected chi connectivity index (χ1v) is 17.8. The van der Waals surface area contributed by atoms with Crippen LogP contribution in [-0.2, 0) is 47.8 Å². The minimum Gasteiger partial charge on any atom is -0.480 e. The van der Waals surface area contributed by atoms with E-state index in [1.807, 2.05) is 0 Å². The van der Waals surface area contributed by atoms with Crippen LogP contribution in [0.2, 0.25) is 0 Å². The molecule has 0 aromatic rings. The number of carboxylic acids is 4. The van der Waals surface area contributed by atoms with Crippen molar-refractivity contribution in [2.24, 2.45) is 11.5 Å². The number of carboxylic acid groups (broad SMARTS) is 4. The zero-order chi connectivity index (χ0) is 38.6. The van der Waals surface area contributed by atoms with E-state index in [1.54, 1.807) is 0 Å². The summed E-state index contributed by atoms with van der Waals surface area (Å²) in [6.45, 7) is 2.82. The van der Waals surface area contributed by atoms with Crippen molar-refractivity contribution >= 4 is 69.1 Å². The molecule has 0 spiro atoms. The number of nitrogens with two attached hydrogens (primary N) is 2. The molecule has 20 nitrogen and oxygen atoms in total. The monoisotopic (exact) mass is 756 g/mol. The Balaban J connectivity index is 5.80. The van der Waals surface area contributed by atoms with E-state index in [4.69, 9.17) is 31.2 Å². The molecule has 0 fully saturated rings. The van der Waals surface area contributed by atoms with Gasteiger partial charge >= 0.3 is 23.9 Å². The van der Waals surface area contributed by atoms with Gasteiger partial charge in [0.1, 0.15) is 24.2 Å². The maximum absolute atomic E-state index is 13.1. The Morgan fingerprint density at radius 3 is 1.16 bits per heavy atom. The van der Waals surface area contributed by atoms with Crippen molar-refractivity contribution in [1.29, 1.82) is 0 Å². The van der Waals surface area contributed by atoms with Gasteiger partial charge in [-0.15, -0.1) is 0 Å². The lowest BCUT2D eigenvalue weighted by Gasteiger charge is -2.25. The molecule has 22 heteroatoms. The number of nitrogens with one attached hydrogen (secondary N) is 4. The lowest BCUT2D eigenvalue weighted by molar-refractivity contribution is -0.146. The number of carbonyl (C=O) groups excluding carboxylic acids is 4. The average molecular weight is 757 g/mol. The molecule has 286 valence electrons. The molecule has 0 aromatic carbocycles. The smallest absolute Gasteiger partial charge is 0.328 e. The normalized spacial score (nSPS) is 15.9. The number of aliphatic carboxylic acids is 4. The van der Waals surface area contributed by atoms with Gasteiger partial charge in [-0.25, -0.2) is 9.59 Å². The molecule has 0 aromatic heterocycles. The molecule has 0 bridgehead atoms. The Kier molecular flexibility index (Phi) is 22.6. The third-order valence-electron chi connectivity index (χ3n) is 7.14. The van der Waals surface area contributed by atoms with Gasteiger partial charge < -0.3 is 62.6 Å². The second-order valence-electron chi connectivity index (χ2n) is 11.0. The van der Waals surface area contributed by atoms with E-state index >= 15 is 0 Å². The van der Waals surface area contributed by atoms with Crippen molar-refractivity contribution in [2.75, 3.05) is 25.7 Å². The van der Waals surface area contributed by atoms with Crippen LogP contribution in [0, 0.1) is 0 Å². The fourth-order valence-corrected chi connectivity index (χ4v) is 6.21. The van der Waals surface area contributed by atoms with E-state index in [-0.39, 0.29) is 50.0 Å². The van der Waals surface area contributed by atoms with Crippen LogP contribution >= 0.6 is 21.6 Å². The zero-order valence-corrected chi connectivity index (χ0v) is 29.8. The van der Waals surface area contributed by atoms with Gasteiger partial charge in [0.2, 0.25) is 23.6 Å². The molecule has 0 aliphatic heterocycles. The molecule has 8 atom stereocenters. The van der Waals surface area contributed by atoms with Crippen LogP contribution in [-0.4, -0.2) is 142 Å². The van der Waals surface area contributed by atoms with E-state index in [1.165, 1.54) is 28.1 Å². The summed E-state index contributed by atoms with van der Waals surface area (Å²) >= 11 is 0. The molecule has 0 radical (unpaired) electrons. The summed E-state index contributed by atoms with van der Waals surface area (Å²) in [7, 11) is 4.40. The first kappa shape index (κ1) is 46.3. The largest absolute Gasteiger partial charge is 0.480 e. The van der Waals surface area contributed by atoms with E-state index in [2.05, 4.69) is 21.3 Å². The highest BCUT2D eigenvalue weighted by Crippen LogP contribution is 2.24. The van der Waals surface area contributed by atoms with Crippen LogP contribution < -0.4 is 32.7 Å². The van der Waals surface area contributed by atoms with Gasteiger partial charge in [-0.3, -0.25) is 28.8 Å². The van der Waals surface area contributed by atoms with Crippen LogP contribution in [0.15, 0.2) is 0 Å². The number of amides is 4. The van der Waals surface area contributed by atoms with E-state index < -0.39 is 96.0 Å². The third-order valence-corrected chi connectivity index (χ3v) is 9.56. The van der Waals surface area contributed by atoms with Crippen molar-refractivity contribution in [2.45, 2.75) is 101 Å². The van der Waals surface area contributed by atoms with E-state index in [0.29, 0.717) is 0 Å². The molecule has 4 amide bonds. The fraction of sp³-hybridized carbons (Fsp3) is 0.714. The molecule has 0 saturated heterocycles. The minimum atomic E-state index is -1.48. The summed E-state index contributed by atoms with van der Waals surface area (Å²) in [6.07, 6.45) is -2.20. The molecule has 50 heavy (non-hydrogen) atoms. The molecular formula is C28H48N6O14S2. The Hall–Kier alpha value is -3.70. The number of rotatable bonds is 27. The second kappa shape index (κ2) is 24.4. The summed E-state index contributed by atoms with van der Waals surface area (Å²) in [5.41, 5.74) is 10.9. The summed E-state index contributed by atoms with van der Waals surface area (Å²) in [6, 6.07) is -8.00. The topological polar surface area (TPSA) is 336 Å². The van der Waals surface area contributed by atoms with Crippen LogP contribution in [0.5, 0.6) is 0 Å². The van der Waals surface area contributed by atoms with Crippen LogP contribution in [0.25, 0.3) is 0 Å². The van der Waals surface area contributed by atoms with Gasteiger partial charge in [-0.2, -0.15) is 0 Å². The van der Waals surface area contributed by atoms with Crippen LogP contribution in [0.1, 0.15) is 52.4 Å². The highest BCUT2D eigenvalue weighted by molar-refractivity contribution is 8.76. The Morgan fingerprint density at radius 2 is 0.900 bits per heavy atom. The van der Waals surface area contributed by atoms with Gasteiger partial charge in [0.15, 0.2) is 12.1 Å². The van der Waals surface area contributed by atoms with Crippen LogP contribution in [0.4, 0.5) is 0 Å². The number of carbonyl (C=O) groups is 8. The van der Waals surface area contributed by atoms with Gasteiger partial charge in [0.25, 0.3) is 0 Å². The maximum Gasteiger partial charge on any atom is 0.328 e. The first-order chi connectivity index (χ1) is 23.4. The van der Waals surface area contributed by atoms with Crippen molar-refractivity contribution in [3.8, 4) is 0 Å². The minimum absolute atomic E-state index is 0.0237. The lowest BCUT2D eigenvalue weighted by Crippen LogP contribution is -2.56. The predicted molar refractivity (Wildman–Crippen MR) is 180 cm³/mol. The number of methoxy groups -OCH3 is 2. The Labute approximate surface area is 296 Å². The Bertz CT molecular complexity index is 1090. The highest BCUT2D eigenvalue weighted by Gasteiger charge is 2.32. The molecule has 0 aliphatic rings. The van der Waals surface area contributed by atoms with Crippen LogP contribution in [0.3, 0.4) is 0 Å². The number of hydrogen-bond donors (Lipinski definition) is 10. The van der Waals surface area contributed by atoms with E-state index in [9.17, 15) is 48.6 Å². The van der Waals surface area contributed by atoms with Gasteiger partial charge in [-0.1, -0.05) is 21.6 Å². The highest BCUT2D eigenvalue weighted by atomic mass is 33.1. The molecule has 0 unspecified atom stereocenters. The molecule has 0 saturated carbocycles. The SMILES string of the molecule is CO[C@H](C)[C@@H](NC(=O)[C@H](CSSC[C@H](NC(=O)CCC[C@H](N)C(=O)O)C(=O)N[C@@H](C(=O)O)[C@@H](C)OC)NC(=O)CCC[C@H](N)C(=O)O)C(=O)O. The standard InChI is InChI=1S/C28H48N6O14S2/c1-13(47-3)21(27(43)44)33-23(37)17(31-19(35)9-5-7-15(29)25(39)40)11-49-50-12-18(24(38)34-22(28(45)46)14(2)48-4)32-20(36)10-6-8-16(30)26(41)42/h13-18,21-22H,5-12,29-30H2,1-4H3,(H,31,35)(H,32,36)(H,33,37)(H,34,38)(H,39,40)(H,41,42)(H,43,44)(H,45,46)/t13-,14-,15+,16+,17+,18+,21-,22-/m1/s1. The van der Waals surface area contributed by atoms with Crippen molar-refractivity contribution < 1.29 is 68.3 Å². The van der Waals surface area contributed by atoms with E-state index in [0.717, 1.165) is 21.6 Å². The fourth-order valence-electron chi connectivity index (χ4n) is 3.88. The molecular weight excluding hydrogens is 708 g/mol. The molecule has 0 aliphatic carbocycles. The average Bonchev–Trinajstić information content (AvgIpc) is 3.05. The quantitative estimate of drug-likeness (QED) is 0.0311. The van der Waals surface area contributed by atoms with Gasteiger partial charge in [0.05, 0.1) is 12.2 Å². The molecule has 12 N–H and O–H groups in total. The Morgan fingerprint density at radius 1 is 0.580 bits per heavy atom. The van der Waals surface area contributed by atoms with Crippen molar-refractivity contribution in [3.63, 3.8) is 0 Å². The maximum atomic E-state index is 13.1. The summed E-state index contributed by atoms with van der Waals surface area (Å²) in [4.78, 5) is 96.9. The van der Waals surface area contributed by atoms with Gasteiger partial charge in [0, 0.05) is 38.6 Å². The molecule has 0 rings (SSSR count). The lowest BCUT2D eigenvalue weighted by atomic mass is 10.1. The van der Waals surface area contributed by atoms with Gasteiger partial charge in [-0.05, 0) is 39.5 Å². The van der Waals surface area contributed by atoms with Crippen molar-refractivity contribution in [1.82, 2.24) is 21.3 Å². The summed E-state index contributed by atoms with van der Waals surface area (Å²) in [5, 5.41) is 46.5. The second-order valence-corrected chi connectivity index (χ2v) is 13.6. The molecule has 0 heterocycles. The van der Waals surface area contributed by atoms with Crippen molar-refractivity contribution in [3.05, 3.63) is 0 Å². The summed E-state index contributed by atoms with van der Waals surface area (Å²) in [5.74, 6) is -8.75. The number of ether oxygens (including phenoxy) is 2. The summed E-state index contributed by atoms with van der Waals surface area (Å²) < 4.78 is 10.0. The first-order valence-electron chi connectivity index (χ1n) is 15.3. The number of hydrogen-bond acceptors (Lipinski definition) is 14. The zero-order valence-electron chi connectivity index (χ0n) is 28.1. The predicted octanol–water partition coefficient (Wildman–Crippen LogP) is -2.29.